The molecule has 0 saturated carbocycles. The lowest BCUT2D eigenvalue weighted by Crippen LogP contribution is -2.30. The lowest BCUT2D eigenvalue weighted by atomic mass is 10.1. The second-order valence-electron chi connectivity index (χ2n) is 6.80. The highest BCUT2D eigenvalue weighted by molar-refractivity contribution is 5.89. The number of carbonyl (C=O) groups is 2. The van der Waals surface area contributed by atoms with E-state index in [0.717, 1.165) is 11.3 Å². The third-order valence-corrected chi connectivity index (χ3v) is 4.54. The number of urea groups is 1. The first-order valence-electron chi connectivity index (χ1n) is 10.2. The zero-order valence-electron chi connectivity index (χ0n) is 17.4. The van der Waals surface area contributed by atoms with E-state index in [1.54, 1.807) is 31.2 Å². The monoisotopic (exact) mass is 418 g/mol. The van der Waals surface area contributed by atoms with Gasteiger partial charge in [0.2, 0.25) is 0 Å². The summed E-state index contributed by atoms with van der Waals surface area (Å²) in [5.41, 5.74) is 2.21. The van der Waals surface area contributed by atoms with Gasteiger partial charge >= 0.3 is 12.0 Å². The SMILES string of the molecule is CCOC(=O)c1ccc(OC(CCNC(=O)Nc2ccccc2)c2ccccc2)cc1. The number of para-hydroxylation sites is 1. The molecule has 3 rings (SSSR count). The predicted molar refractivity (Wildman–Crippen MR) is 120 cm³/mol. The molecule has 0 saturated heterocycles. The van der Waals surface area contributed by atoms with Gasteiger partial charge in [0.05, 0.1) is 12.2 Å². The second-order valence-corrected chi connectivity index (χ2v) is 6.80. The van der Waals surface area contributed by atoms with Crippen molar-refractivity contribution in [1.29, 1.82) is 0 Å². The smallest absolute Gasteiger partial charge is 0.338 e. The van der Waals surface area contributed by atoms with Crippen LogP contribution in [-0.4, -0.2) is 25.2 Å². The minimum Gasteiger partial charge on any atom is -0.486 e. The highest BCUT2D eigenvalue weighted by Crippen LogP contribution is 2.25. The summed E-state index contributed by atoms with van der Waals surface area (Å²) in [6.45, 7) is 2.53. The molecule has 1 unspecified atom stereocenters. The van der Waals surface area contributed by atoms with Crippen LogP contribution in [0.15, 0.2) is 84.9 Å². The maximum atomic E-state index is 12.1. The Morgan fingerprint density at radius 2 is 1.52 bits per heavy atom. The van der Waals surface area contributed by atoms with Gasteiger partial charge in [0.1, 0.15) is 11.9 Å². The standard InChI is InChI=1S/C25H26N2O4/c1-2-30-24(28)20-13-15-22(16-14-20)31-23(19-9-5-3-6-10-19)17-18-26-25(29)27-21-11-7-4-8-12-21/h3-16,23H,2,17-18H2,1H3,(H2,26,27,29). The molecule has 0 aliphatic rings. The number of nitrogens with one attached hydrogen (secondary N) is 2. The van der Waals surface area contributed by atoms with Crippen LogP contribution in [0, 0.1) is 0 Å². The van der Waals surface area contributed by atoms with Crippen LogP contribution in [0.25, 0.3) is 0 Å². The molecule has 6 nitrogen and oxygen atoms in total. The zero-order chi connectivity index (χ0) is 21.9. The Balaban J connectivity index is 1.60. The second kappa shape index (κ2) is 11.4. The van der Waals surface area contributed by atoms with E-state index in [1.807, 2.05) is 60.7 Å². The van der Waals surface area contributed by atoms with Gasteiger partial charge in [0.25, 0.3) is 0 Å². The molecule has 0 spiro atoms. The highest BCUT2D eigenvalue weighted by atomic mass is 16.5. The molecule has 2 N–H and O–H groups in total. The summed E-state index contributed by atoms with van der Waals surface area (Å²) in [5.74, 6) is 0.276. The van der Waals surface area contributed by atoms with Gasteiger partial charge in [0.15, 0.2) is 0 Å². The van der Waals surface area contributed by atoms with E-state index in [1.165, 1.54) is 0 Å². The number of esters is 1. The van der Waals surface area contributed by atoms with Gasteiger partial charge in [-0.15, -0.1) is 0 Å². The van der Waals surface area contributed by atoms with Crippen LogP contribution in [0.4, 0.5) is 10.5 Å². The molecular formula is C25H26N2O4. The topological polar surface area (TPSA) is 76.7 Å². The van der Waals surface area contributed by atoms with Crippen LogP contribution in [0.3, 0.4) is 0 Å². The first-order valence-corrected chi connectivity index (χ1v) is 10.2. The number of rotatable bonds is 9. The van der Waals surface area contributed by atoms with E-state index in [4.69, 9.17) is 9.47 Å². The minimum atomic E-state index is -0.359. The van der Waals surface area contributed by atoms with Crippen LogP contribution in [-0.2, 0) is 4.74 Å². The largest absolute Gasteiger partial charge is 0.486 e. The van der Waals surface area contributed by atoms with Gasteiger partial charge in [-0.05, 0) is 48.9 Å². The fraction of sp³-hybridized carbons (Fsp3) is 0.200. The minimum absolute atomic E-state index is 0.258. The van der Waals surface area contributed by atoms with Crippen LogP contribution < -0.4 is 15.4 Å². The van der Waals surface area contributed by atoms with Crippen molar-refractivity contribution in [2.45, 2.75) is 19.4 Å². The predicted octanol–water partition coefficient (Wildman–Crippen LogP) is 5.20. The Morgan fingerprint density at radius 3 is 2.16 bits per heavy atom. The number of hydrogen-bond acceptors (Lipinski definition) is 4. The molecule has 0 aromatic heterocycles. The van der Waals surface area contributed by atoms with E-state index in [2.05, 4.69) is 10.6 Å². The van der Waals surface area contributed by atoms with Crippen molar-refractivity contribution >= 4 is 17.7 Å². The summed E-state index contributed by atoms with van der Waals surface area (Å²) in [5, 5.41) is 5.66. The number of hydrogen-bond donors (Lipinski definition) is 2. The van der Waals surface area contributed by atoms with Gasteiger partial charge < -0.3 is 20.1 Å². The number of amides is 2. The van der Waals surface area contributed by atoms with Crippen LogP contribution in [0.2, 0.25) is 0 Å². The summed E-state index contributed by atoms with van der Waals surface area (Å²) >= 11 is 0. The lowest BCUT2D eigenvalue weighted by molar-refractivity contribution is 0.0526. The van der Waals surface area contributed by atoms with Gasteiger partial charge in [0, 0.05) is 18.7 Å². The van der Waals surface area contributed by atoms with Crippen molar-refractivity contribution in [1.82, 2.24) is 5.32 Å². The first kappa shape index (κ1) is 21.9. The lowest BCUT2D eigenvalue weighted by Gasteiger charge is -2.20. The molecule has 0 heterocycles. The molecule has 0 fully saturated rings. The van der Waals surface area contributed by atoms with Gasteiger partial charge in [-0.25, -0.2) is 9.59 Å². The Hall–Kier alpha value is -3.80. The number of carbonyl (C=O) groups excluding carboxylic acids is 2. The van der Waals surface area contributed by atoms with Crippen molar-refractivity contribution < 1.29 is 19.1 Å². The van der Waals surface area contributed by atoms with Crippen molar-refractivity contribution in [3.8, 4) is 5.75 Å². The van der Waals surface area contributed by atoms with Gasteiger partial charge in [-0.1, -0.05) is 48.5 Å². The van der Waals surface area contributed by atoms with E-state index in [-0.39, 0.29) is 18.1 Å². The quantitative estimate of drug-likeness (QED) is 0.469. The summed E-state index contributed by atoms with van der Waals surface area (Å²) in [6.07, 6.45) is 0.318. The Kier molecular flexibility index (Phi) is 8.05. The number of anilines is 1. The maximum Gasteiger partial charge on any atom is 0.338 e. The fourth-order valence-corrected chi connectivity index (χ4v) is 3.02. The summed E-state index contributed by atoms with van der Waals surface area (Å²) in [6, 6.07) is 25.7. The summed E-state index contributed by atoms with van der Waals surface area (Å²) in [4.78, 5) is 24.0. The van der Waals surface area contributed by atoms with Crippen molar-refractivity contribution in [3.05, 3.63) is 96.1 Å². The highest BCUT2D eigenvalue weighted by Gasteiger charge is 2.15. The molecule has 31 heavy (non-hydrogen) atoms. The van der Waals surface area contributed by atoms with Crippen LogP contribution in [0.5, 0.6) is 5.75 Å². The van der Waals surface area contributed by atoms with E-state index < -0.39 is 0 Å². The average molecular weight is 418 g/mol. The summed E-state index contributed by atoms with van der Waals surface area (Å²) in [7, 11) is 0. The van der Waals surface area contributed by atoms with Gasteiger partial charge in [-0.3, -0.25) is 0 Å². The average Bonchev–Trinajstić information content (AvgIpc) is 2.80. The molecule has 6 heteroatoms. The zero-order valence-corrected chi connectivity index (χ0v) is 17.4. The molecule has 0 aliphatic carbocycles. The third-order valence-electron chi connectivity index (χ3n) is 4.54. The Labute approximate surface area is 182 Å². The van der Waals surface area contributed by atoms with E-state index >= 15 is 0 Å². The molecule has 1 atom stereocenters. The normalized spacial score (nSPS) is 11.3. The Morgan fingerprint density at radius 1 is 0.871 bits per heavy atom. The molecular weight excluding hydrogens is 392 g/mol. The molecule has 0 aliphatic heterocycles. The first-order chi connectivity index (χ1) is 15.2. The number of ether oxygens (including phenoxy) is 2. The molecule has 3 aromatic carbocycles. The van der Waals surface area contributed by atoms with E-state index in [0.29, 0.717) is 30.9 Å². The molecule has 2 amide bonds. The van der Waals surface area contributed by atoms with Crippen LogP contribution >= 0.6 is 0 Å². The van der Waals surface area contributed by atoms with Crippen molar-refractivity contribution in [3.63, 3.8) is 0 Å². The van der Waals surface area contributed by atoms with Crippen LogP contribution in [0.1, 0.15) is 35.4 Å². The number of benzene rings is 3. The molecule has 0 radical (unpaired) electrons. The van der Waals surface area contributed by atoms with Gasteiger partial charge in [-0.2, -0.15) is 0 Å². The Bertz CT molecular complexity index is 960. The van der Waals surface area contributed by atoms with Crippen molar-refractivity contribution in [2.24, 2.45) is 0 Å². The van der Waals surface area contributed by atoms with Crippen molar-refractivity contribution in [2.75, 3.05) is 18.5 Å². The third kappa shape index (κ3) is 6.89. The maximum absolute atomic E-state index is 12.1. The summed E-state index contributed by atoms with van der Waals surface area (Å²) < 4.78 is 11.2. The molecule has 3 aromatic rings. The fourth-order valence-electron chi connectivity index (χ4n) is 3.02. The van der Waals surface area contributed by atoms with E-state index in [9.17, 15) is 9.59 Å². The molecule has 160 valence electrons. The molecule has 0 bridgehead atoms.